The second-order valence-corrected chi connectivity index (χ2v) is 8.08. The molecule has 0 spiro atoms. The summed E-state index contributed by atoms with van der Waals surface area (Å²) >= 11 is 11.7. The number of sulfone groups is 1. The van der Waals surface area contributed by atoms with Crippen molar-refractivity contribution < 1.29 is 13.2 Å². The minimum absolute atomic E-state index is 0.216. The van der Waals surface area contributed by atoms with Crippen LogP contribution in [-0.2, 0) is 20.4 Å². The highest BCUT2D eigenvalue weighted by Crippen LogP contribution is 2.20. The van der Waals surface area contributed by atoms with Crippen molar-refractivity contribution >= 4 is 44.6 Å². The Kier molecular flexibility index (Phi) is 5.68. The minimum Gasteiger partial charge on any atom is -0.325 e. The van der Waals surface area contributed by atoms with E-state index < -0.39 is 21.5 Å². The van der Waals surface area contributed by atoms with Crippen LogP contribution < -0.4 is 5.32 Å². The quantitative estimate of drug-likeness (QED) is 0.867. The molecule has 0 saturated carbocycles. The summed E-state index contributed by atoms with van der Waals surface area (Å²) < 4.78 is 24.2. The molecular weight excluding hydrogens is 357 g/mol. The van der Waals surface area contributed by atoms with Crippen molar-refractivity contribution in [2.24, 2.45) is 0 Å². The van der Waals surface area contributed by atoms with E-state index in [2.05, 4.69) is 5.32 Å². The van der Waals surface area contributed by atoms with Gasteiger partial charge in [-0.1, -0.05) is 41.4 Å². The maximum Gasteiger partial charge on any atom is 0.239 e. The predicted molar refractivity (Wildman–Crippen MR) is 93.8 cm³/mol. The predicted octanol–water partition coefficient (Wildman–Crippen LogP) is 3.86. The Bertz CT molecular complexity index is 818. The standard InChI is InChI=1S/C16H15Cl2NO3S/c1-11-2-7-14(8-15(11)18)19-16(20)10-23(21,22)9-12-3-5-13(17)6-4-12/h2-8H,9-10H2,1H3,(H,19,20). The molecule has 0 aromatic heterocycles. The average molecular weight is 372 g/mol. The van der Waals surface area contributed by atoms with Gasteiger partial charge in [0.15, 0.2) is 9.84 Å². The van der Waals surface area contributed by atoms with Gasteiger partial charge in [0.2, 0.25) is 5.91 Å². The number of rotatable bonds is 5. The Hall–Kier alpha value is -1.56. The number of amides is 1. The summed E-state index contributed by atoms with van der Waals surface area (Å²) in [6.07, 6.45) is 0. The Morgan fingerprint density at radius 2 is 1.74 bits per heavy atom. The lowest BCUT2D eigenvalue weighted by Gasteiger charge is -2.08. The highest BCUT2D eigenvalue weighted by Gasteiger charge is 2.17. The highest BCUT2D eigenvalue weighted by molar-refractivity contribution is 7.91. The van der Waals surface area contributed by atoms with E-state index in [4.69, 9.17) is 23.2 Å². The first-order valence-corrected chi connectivity index (χ1v) is 9.34. The zero-order valence-corrected chi connectivity index (χ0v) is 14.7. The SMILES string of the molecule is Cc1ccc(NC(=O)CS(=O)(=O)Cc2ccc(Cl)cc2)cc1Cl. The molecule has 1 amide bonds. The van der Waals surface area contributed by atoms with E-state index in [9.17, 15) is 13.2 Å². The Morgan fingerprint density at radius 1 is 1.09 bits per heavy atom. The van der Waals surface area contributed by atoms with Crippen molar-refractivity contribution in [2.45, 2.75) is 12.7 Å². The van der Waals surface area contributed by atoms with E-state index in [0.717, 1.165) is 5.56 Å². The van der Waals surface area contributed by atoms with E-state index in [1.54, 1.807) is 42.5 Å². The largest absolute Gasteiger partial charge is 0.325 e. The lowest BCUT2D eigenvalue weighted by molar-refractivity contribution is -0.113. The van der Waals surface area contributed by atoms with Crippen molar-refractivity contribution in [3.05, 3.63) is 63.6 Å². The molecule has 0 fully saturated rings. The van der Waals surface area contributed by atoms with Crippen LogP contribution in [0.3, 0.4) is 0 Å². The van der Waals surface area contributed by atoms with Gasteiger partial charge in [-0.2, -0.15) is 0 Å². The van der Waals surface area contributed by atoms with Gasteiger partial charge in [-0.05, 0) is 42.3 Å². The van der Waals surface area contributed by atoms with Crippen molar-refractivity contribution in [2.75, 3.05) is 11.1 Å². The topological polar surface area (TPSA) is 63.2 Å². The fourth-order valence-electron chi connectivity index (χ4n) is 1.95. The second-order valence-electron chi connectivity index (χ2n) is 5.17. The van der Waals surface area contributed by atoms with Gasteiger partial charge in [-0.25, -0.2) is 8.42 Å². The van der Waals surface area contributed by atoms with Crippen LogP contribution in [0.4, 0.5) is 5.69 Å². The first-order valence-electron chi connectivity index (χ1n) is 6.76. The molecule has 0 atom stereocenters. The number of halogens is 2. The number of benzene rings is 2. The summed E-state index contributed by atoms with van der Waals surface area (Å²) in [5.74, 6) is -1.41. The highest BCUT2D eigenvalue weighted by atomic mass is 35.5. The van der Waals surface area contributed by atoms with Crippen LogP contribution in [0, 0.1) is 6.92 Å². The fourth-order valence-corrected chi connectivity index (χ4v) is 3.53. The van der Waals surface area contributed by atoms with Crippen LogP contribution >= 0.6 is 23.2 Å². The summed E-state index contributed by atoms with van der Waals surface area (Å²) in [4.78, 5) is 11.9. The van der Waals surface area contributed by atoms with Crippen molar-refractivity contribution in [1.29, 1.82) is 0 Å². The van der Waals surface area contributed by atoms with Gasteiger partial charge >= 0.3 is 0 Å². The fraction of sp³-hybridized carbons (Fsp3) is 0.188. The first-order chi connectivity index (χ1) is 10.7. The van der Waals surface area contributed by atoms with Crippen molar-refractivity contribution in [3.8, 4) is 0 Å². The number of nitrogens with one attached hydrogen (secondary N) is 1. The molecule has 7 heteroatoms. The normalized spacial score (nSPS) is 11.3. The summed E-state index contributed by atoms with van der Waals surface area (Å²) in [5.41, 5.74) is 1.92. The number of aryl methyl sites for hydroxylation is 1. The molecule has 0 heterocycles. The van der Waals surface area contributed by atoms with Gasteiger partial charge in [0.05, 0.1) is 5.75 Å². The van der Waals surface area contributed by atoms with E-state index in [0.29, 0.717) is 21.3 Å². The molecule has 2 rings (SSSR count). The molecule has 0 bridgehead atoms. The van der Waals surface area contributed by atoms with Gasteiger partial charge in [-0.3, -0.25) is 4.79 Å². The van der Waals surface area contributed by atoms with E-state index in [-0.39, 0.29) is 5.75 Å². The molecule has 0 saturated heterocycles. The van der Waals surface area contributed by atoms with Gasteiger partial charge in [-0.15, -0.1) is 0 Å². The minimum atomic E-state index is -3.57. The number of anilines is 1. The maximum atomic E-state index is 12.1. The lowest BCUT2D eigenvalue weighted by atomic mass is 10.2. The summed E-state index contributed by atoms with van der Waals surface area (Å²) in [5, 5.41) is 3.57. The number of hydrogen-bond acceptors (Lipinski definition) is 3. The second kappa shape index (κ2) is 7.34. The van der Waals surface area contributed by atoms with E-state index >= 15 is 0 Å². The van der Waals surface area contributed by atoms with E-state index in [1.165, 1.54) is 0 Å². The zero-order valence-electron chi connectivity index (χ0n) is 12.3. The third-order valence-electron chi connectivity index (χ3n) is 3.11. The number of carbonyl (C=O) groups excluding carboxylic acids is 1. The number of carbonyl (C=O) groups is 1. The smallest absolute Gasteiger partial charge is 0.239 e. The first kappa shape index (κ1) is 17.8. The molecule has 0 radical (unpaired) electrons. The van der Waals surface area contributed by atoms with Crippen LogP contribution in [-0.4, -0.2) is 20.1 Å². The zero-order chi connectivity index (χ0) is 17.0. The molecular formula is C16H15Cl2NO3S. The van der Waals surface area contributed by atoms with E-state index in [1.807, 2.05) is 6.92 Å². The Labute approximate surface area is 145 Å². The third kappa shape index (κ3) is 5.53. The molecule has 0 aliphatic rings. The maximum absolute atomic E-state index is 12.1. The molecule has 4 nitrogen and oxygen atoms in total. The monoisotopic (exact) mass is 371 g/mol. The molecule has 0 aliphatic heterocycles. The van der Waals surface area contributed by atoms with Crippen LogP contribution in [0.2, 0.25) is 10.0 Å². The summed E-state index contributed by atoms with van der Waals surface area (Å²) in [7, 11) is -3.57. The molecule has 2 aromatic carbocycles. The molecule has 0 aliphatic carbocycles. The van der Waals surface area contributed by atoms with Gasteiger partial charge in [0, 0.05) is 15.7 Å². The lowest BCUT2D eigenvalue weighted by Crippen LogP contribution is -2.24. The third-order valence-corrected chi connectivity index (χ3v) is 5.24. The van der Waals surface area contributed by atoms with Gasteiger partial charge in [0.25, 0.3) is 0 Å². The van der Waals surface area contributed by atoms with Crippen LogP contribution in [0.25, 0.3) is 0 Å². The summed E-state index contributed by atoms with van der Waals surface area (Å²) in [6, 6.07) is 11.5. The van der Waals surface area contributed by atoms with Crippen LogP contribution in [0.5, 0.6) is 0 Å². The van der Waals surface area contributed by atoms with Gasteiger partial charge in [0.1, 0.15) is 5.75 Å². The van der Waals surface area contributed by atoms with Crippen molar-refractivity contribution in [1.82, 2.24) is 0 Å². The Morgan fingerprint density at radius 3 is 2.35 bits per heavy atom. The average Bonchev–Trinajstić information content (AvgIpc) is 2.44. The molecule has 122 valence electrons. The Balaban J connectivity index is 2.00. The molecule has 2 aromatic rings. The number of hydrogen-bond donors (Lipinski definition) is 1. The van der Waals surface area contributed by atoms with Crippen LogP contribution in [0.1, 0.15) is 11.1 Å². The van der Waals surface area contributed by atoms with Crippen molar-refractivity contribution in [3.63, 3.8) is 0 Å². The molecule has 23 heavy (non-hydrogen) atoms. The molecule has 0 unspecified atom stereocenters. The van der Waals surface area contributed by atoms with Gasteiger partial charge < -0.3 is 5.32 Å². The summed E-state index contributed by atoms with van der Waals surface area (Å²) in [6.45, 7) is 1.84. The molecule has 1 N–H and O–H groups in total. The van der Waals surface area contributed by atoms with Crippen LogP contribution in [0.15, 0.2) is 42.5 Å².